The first-order chi connectivity index (χ1) is 18.7. The molecule has 39 heavy (non-hydrogen) atoms. The van der Waals surface area contributed by atoms with E-state index < -0.39 is 12.0 Å². The monoisotopic (exact) mass is 531 g/mol. The van der Waals surface area contributed by atoms with E-state index in [-0.39, 0.29) is 30.0 Å². The second-order valence-corrected chi connectivity index (χ2v) is 9.63. The van der Waals surface area contributed by atoms with E-state index in [9.17, 15) is 14.4 Å². The van der Waals surface area contributed by atoms with Gasteiger partial charge in [0, 0.05) is 11.7 Å². The van der Waals surface area contributed by atoms with Gasteiger partial charge in [0.1, 0.15) is 18.1 Å². The molecule has 0 unspecified atom stereocenters. The van der Waals surface area contributed by atoms with Crippen LogP contribution in [0.1, 0.15) is 41.3 Å². The molecule has 2 atom stereocenters. The molecule has 3 N–H and O–H groups in total. The summed E-state index contributed by atoms with van der Waals surface area (Å²) in [5.74, 6) is 0.00874. The number of ether oxygens (including phenoxy) is 2. The lowest BCUT2D eigenvalue weighted by molar-refractivity contribution is -0.133. The van der Waals surface area contributed by atoms with Crippen LogP contribution in [0.3, 0.4) is 0 Å². The number of anilines is 2. The standard InChI is InChI=1S/C30H33N3O6/c1-19-6-4-5-7-25(19)31-30(37)32-26-15-9-21(16-27(26)38-3)17-28(34)33-20(2)8-12-23(33)18-39-24-13-10-22(11-14-24)29(35)36/h4-7,9-11,13-16,20,23H,8,12,17-18H2,1-3H3,(H,35,36)(H2,31,32,37)/t20-,23-/m0/s1. The minimum atomic E-state index is -0.992. The maximum atomic E-state index is 13.3. The van der Waals surface area contributed by atoms with Crippen molar-refractivity contribution in [3.8, 4) is 11.5 Å². The minimum absolute atomic E-state index is 0.0186. The third kappa shape index (κ3) is 6.87. The molecule has 4 rings (SSSR count). The molecule has 3 aromatic carbocycles. The van der Waals surface area contributed by atoms with Crippen LogP contribution in [-0.4, -0.2) is 53.7 Å². The number of urea groups is 1. The van der Waals surface area contributed by atoms with Crippen molar-refractivity contribution in [1.29, 1.82) is 0 Å². The Morgan fingerprint density at radius 3 is 2.38 bits per heavy atom. The number of benzene rings is 3. The fourth-order valence-electron chi connectivity index (χ4n) is 4.77. The normalized spacial score (nSPS) is 16.4. The lowest BCUT2D eigenvalue weighted by Gasteiger charge is -2.29. The molecule has 9 nitrogen and oxygen atoms in total. The quantitative estimate of drug-likeness (QED) is 0.343. The van der Waals surface area contributed by atoms with Gasteiger partial charge in [-0.2, -0.15) is 0 Å². The summed E-state index contributed by atoms with van der Waals surface area (Å²) in [6.45, 7) is 4.27. The zero-order valence-electron chi connectivity index (χ0n) is 22.3. The number of methoxy groups -OCH3 is 1. The molecule has 0 bridgehead atoms. The van der Waals surface area contributed by atoms with Crippen LogP contribution in [0.2, 0.25) is 0 Å². The highest BCUT2D eigenvalue weighted by atomic mass is 16.5. The number of rotatable bonds is 9. The molecule has 1 heterocycles. The number of hydrogen-bond acceptors (Lipinski definition) is 5. The van der Waals surface area contributed by atoms with Crippen LogP contribution < -0.4 is 20.1 Å². The van der Waals surface area contributed by atoms with Gasteiger partial charge in [-0.15, -0.1) is 0 Å². The average molecular weight is 532 g/mol. The highest BCUT2D eigenvalue weighted by Crippen LogP contribution is 2.29. The van der Waals surface area contributed by atoms with Gasteiger partial charge in [0.05, 0.1) is 30.8 Å². The third-order valence-electron chi connectivity index (χ3n) is 6.88. The fraction of sp³-hybridized carbons (Fsp3) is 0.300. The van der Waals surface area contributed by atoms with Crippen molar-refractivity contribution in [3.05, 3.63) is 83.4 Å². The molecule has 0 aromatic heterocycles. The van der Waals surface area contributed by atoms with Gasteiger partial charge >= 0.3 is 12.0 Å². The zero-order valence-corrected chi connectivity index (χ0v) is 22.3. The van der Waals surface area contributed by atoms with Gasteiger partial charge in [-0.3, -0.25) is 4.79 Å². The van der Waals surface area contributed by atoms with Crippen LogP contribution in [0.25, 0.3) is 0 Å². The zero-order chi connectivity index (χ0) is 27.9. The number of para-hydroxylation sites is 1. The van der Waals surface area contributed by atoms with Crippen molar-refractivity contribution in [1.82, 2.24) is 4.90 Å². The summed E-state index contributed by atoms with van der Waals surface area (Å²) in [6.07, 6.45) is 1.88. The molecule has 1 fully saturated rings. The Labute approximate surface area is 227 Å². The topological polar surface area (TPSA) is 117 Å². The summed E-state index contributed by atoms with van der Waals surface area (Å²) in [5, 5.41) is 14.7. The molecule has 3 amide bonds. The Morgan fingerprint density at radius 1 is 0.974 bits per heavy atom. The smallest absolute Gasteiger partial charge is 0.335 e. The average Bonchev–Trinajstić information content (AvgIpc) is 3.30. The van der Waals surface area contributed by atoms with Crippen LogP contribution in [0, 0.1) is 6.92 Å². The largest absolute Gasteiger partial charge is 0.495 e. The van der Waals surface area contributed by atoms with Crippen molar-refractivity contribution < 1.29 is 29.0 Å². The Bertz CT molecular complexity index is 1340. The predicted octanol–water partition coefficient (Wildman–Crippen LogP) is 5.35. The summed E-state index contributed by atoms with van der Waals surface area (Å²) < 4.78 is 11.4. The number of likely N-dealkylation sites (tertiary alicyclic amines) is 1. The lowest BCUT2D eigenvalue weighted by Crippen LogP contribution is -2.43. The summed E-state index contributed by atoms with van der Waals surface area (Å²) in [6, 6.07) is 18.6. The number of nitrogens with zero attached hydrogens (tertiary/aromatic N) is 1. The van der Waals surface area contributed by atoms with Crippen molar-refractivity contribution in [2.45, 2.75) is 45.2 Å². The van der Waals surface area contributed by atoms with Crippen molar-refractivity contribution in [2.24, 2.45) is 0 Å². The number of aryl methyl sites for hydroxylation is 1. The molecule has 1 saturated heterocycles. The highest BCUT2D eigenvalue weighted by Gasteiger charge is 2.34. The van der Waals surface area contributed by atoms with E-state index in [2.05, 4.69) is 10.6 Å². The molecule has 1 aliphatic heterocycles. The number of hydrogen-bond donors (Lipinski definition) is 3. The molecule has 0 aliphatic carbocycles. The maximum Gasteiger partial charge on any atom is 0.335 e. The van der Waals surface area contributed by atoms with Crippen LogP contribution in [0.4, 0.5) is 16.2 Å². The molecule has 3 aromatic rings. The van der Waals surface area contributed by atoms with E-state index in [1.807, 2.05) is 43.0 Å². The first kappa shape index (κ1) is 27.5. The van der Waals surface area contributed by atoms with Gasteiger partial charge < -0.3 is 30.1 Å². The Balaban J connectivity index is 1.37. The van der Waals surface area contributed by atoms with Crippen molar-refractivity contribution in [2.75, 3.05) is 24.4 Å². The Morgan fingerprint density at radius 2 is 1.69 bits per heavy atom. The molecular formula is C30H33N3O6. The molecule has 204 valence electrons. The Kier molecular flexibility index (Phi) is 8.70. The minimum Gasteiger partial charge on any atom is -0.495 e. The van der Waals surface area contributed by atoms with Crippen LogP contribution in [0.15, 0.2) is 66.7 Å². The maximum absolute atomic E-state index is 13.3. The number of aromatic carboxylic acids is 1. The van der Waals surface area contributed by atoms with Gasteiger partial charge in [0.25, 0.3) is 0 Å². The number of carbonyl (C=O) groups excluding carboxylic acids is 2. The molecule has 9 heteroatoms. The SMILES string of the molecule is COc1cc(CC(=O)N2[C@H](COc3ccc(C(=O)O)cc3)CC[C@@H]2C)ccc1NC(=O)Nc1ccccc1C. The molecular weight excluding hydrogens is 498 g/mol. The van der Waals surface area contributed by atoms with E-state index in [4.69, 9.17) is 14.6 Å². The van der Waals surface area contributed by atoms with Crippen LogP contribution in [-0.2, 0) is 11.2 Å². The predicted molar refractivity (Wildman–Crippen MR) is 149 cm³/mol. The van der Waals surface area contributed by atoms with E-state index in [1.54, 1.807) is 30.3 Å². The van der Waals surface area contributed by atoms with Gasteiger partial charge in [0.2, 0.25) is 5.91 Å². The van der Waals surface area contributed by atoms with Gasteiger partial charge in [-0.1, -0.05) is 24.3 Å². The first-order valence-electron chi connectivity index (χ1n) is 12.8. The number of carboxylic acid groups (broad SMARTS) is 1. The van der Waals surface area contributed by atoms with Gasteiger partial charge in [-0.25, -0.2) is 9.59 Å². The highest BCUT2D eigenvalue weighted by molar-refractivity contribution is 6.01. The molecule has 0 spiro atoms. The van der Waals surface area contributed by atoms with E-state index in [0.29, 0.717) is 29.5 Å². The number of amides is 3. The number of nitrogens with one attached hydrogen (secondary N) is 2. The van der Waals surface area contributed by atoms with E-state index in [0.717, 1.165) is 24.0 Å². The summed E-state index contributed by atoms with van der Waals surface area (Å²) in [5.41, 5.74) is 3.12. The van der Waals surface area contributed by atoms with Gasteiger partial charge in [0.15, 0.2) is 0 Å². The van der Waals surface area contributed by atoms with Crippen LogP contribution >= 0.6 is 0 Å². The molecule has 0 saturated carbocycles. The Hall–Kier alpha value is -4.53. The molecule has 0 radical (unpaired) electrons. The van der Waals surface area contributed by atoms with Gasteiger partial charge in [-0.05, 0) is 80.3 Å². The summed E-state index contributed by atoms with van der Waals surface area (Å²) >= 11 is 0. The lowest BCUT2D eigenvalue weighted by atomic mass is 10.1. The second kappa shape index (κ2) is 12.3. The van der Waals surface area contributed by atoms with Crippen molar-refractivity contribution >= 4 is 29.3 Å². The van der Waals surface area contributed by atoms with E-state index >= 15 is 0 Å². The number of carbonyl (C=O) groups is 3. The summed E-state index contributed by atoms with van der Waals surface area (Å²) in [7, 11) is 1.52. The molecule has 1 aliphatic rings. The fourth-order valence-corrected chi connectivity index (χ4v) is 4.77. The second-order valence-electron chi connectivity index (χ2n) is 9.63. The van der Waals surface area contributed by atoms with Crippen molar-refractivity contribution in [3.63, 3.8) is 0 Å². The van der Waals surface area contributed by atoms with Crippen LogP contribution in [0.5, 0.6) is 11.5 Å². The third-order valence-corrected chi connectivity index (χ3v) is 6.88. The number of carboxylic acids is 1. The first-order valence-corrected chi connectivity index (χ1v) is 12.8. The summed E-state index contributed by atoms with van der Waals surface area (Å²) in [4.78, 5) is 38.8. The van der Waals surface area contributed by atoms with E-state index in [1.165, 1.54) is 19.2 Å².